The van der Waals surface area contributed by atoms with Crippen LogP contribution in [0.3, 0.4) is 0 Å². The molecule has 1 atom stereocenters. The number of nitrogens with zero attached hydrogens (tertiary/aromatic N) is 5. The third-order valence-electron chi connectivity index (χ3n) is 5.14. The molecule has 1 aliphatic heterocycles. The minimum absolute atomic E-state index is 0.00865. The number of carbonyl (C=O) groups excluding carboxylic acids is 1. The van der Waals surface area contributed by atoms with Crippen LogP contribution in [0.25, 0.3) is 0 Å². The highest BCUT2D eigenvalue weighted by atomic mass is 35.5. The lowest BCUT2D eigenvalue weighted by Gasteiger charge is -2.39. The van der Waals surface area contributed by atoms with Crippen molar-refractivity contribution in [2.24, 2.45) is 0 Å². The van der Waals surface area contributed by atoms with Gasteiger partial charge in [-0.05, 0) is 42.0 Å². The summed E-state index contributed by atoms with van der Waals surface area (Å²) < 4.78 is 24.4. The number of H-pyrrole nitrogens is 1. The van der Waals surface area contributed by atoms with Crippen molar-refractivity contribution in [3.63, 3.8) is 0 Å². The van der Waals surface area contributed by atoms with E-state index in [9.17, 15) is 9.18 Å². The summed E-state index contributed by atoms with van der Waals surface area (Å²) >= 11 is 6.04. The fourth-order valence-corrected chi connectivity index (χ4v) is 3.75. The summed E-state index contributed by atoms with van der Waals surface area (Å²) in [5, 5.41) is 13.6. The minimum Gasteiger partial charge on any atom is -0.480 e. The first-order valence-corrected chi connectivity index (χ1v) is 10.5. The van der Waals surface area contributed by atoms with Crippen LogP contribution in [0.5, 0.6) is 17.5 Å². The van der Waals surface area contributed by atoms with E-state index in [1.54, 1.807) is 35.2 Å². The lowest BCUT2D eigenvalue weighted by Crippen LogP contribution is -2.54. The Morgan fingerprint density at radius 2 is 2.03 bits per heavy atom. The molecule has 9 nitrogen and oxygen atoms in total. The number of benzene rings is 2. The van der Waals surface area contributed by atoms with Gasteiger partial charge >= 0.3 is 6.01 Å². The summed E-state index contributed by atoms with van der Waals surface area (Å²) in [4.78, 5) is 16.9. The Labute approximate surface area is 189 Å². The van der Waals surface area contributed by atoms with E-state index >= 15 is 0 Å². The van der Waals surface area contributed by atoms with Crippen LogP contribution >= 0.6 is 11.6 Å². The maximum Gasteiger partial charge on any atom is 0.361 e. The quantitative estimate of drug-likeness (QED) is 0.579. The molecule has 1 N–H and O–H groups in total. The topological polar surface area (TPSA) is 96.5 Å². The van der Waals surface area contributed by atoms with Gasteiger partial charge in [0.25, 0.3) is 5.91 Å². The van der Waals surface area contributed by atoms with Crippen LogP contribution in [0, 0.1) is 5.82 Å². The molecule has 0 saturated carbocycles. The molecule has 0 bridgehead atoms. The lowest BCUT2D eigenvalue weighted by atomic mass is 10.1. The van der Waals surface area contributed by atoms with Crippen LogP contribution in [0.4, 0.5) is 4.39 Å². The first-order chi connectivity index (χ1) is 15.5. The van der Waals surface area contributed by atoms with E-state index in [2.05, 4.69) is 25.5 Å². The molecule has 0 aliphatic carbocycles. The molecule has 0 spiro atoms. The van der Waals surface area contributed by atoms with Crippen LogP contribution in [0.1, 0.15) is 12.5 Å². The number of piperazine rings is 1. The van der Waals surface area contributed by atoms with E-state index < -0.39 is 0 Å². The van der Waals surface area contributed by atoms with Crippen LogP contribution in [-0.2, 0) is 11.3 Å². The summed E-state index contributed by atoms with van der Waals surface area (Å²) in [5.74, 6) is 0.252. The summed E-state index contributed by atoms with van der Waals surface area (Å²) in [6.45, 7) is 4.59. The largest absolute Gasteiger partial charge is 0.480 e. The van der Waals surface area contributed by atoms with Crippen LogP contribution in [0.2, 0.25) is 5.02 Å². The van der Waals surface area contributed by atoms with Gasteiger partial charge in [0.1, 0.15) is 5.82 Å². The van der Waals surface area contributed by atoms with Crippen molar-refractivity contribution in [1.29, 1.82) is 0 Å². The Morgan fingerprint density at radius 3 is 2.75 bits per heavy atom. The van der Waals surface area contributed by atoms with Gasteiger partial charge in [0.15, 0.2) is 18.1 Å². The Bertz CT molecular complexity index is 1050. The third kappa shape index (κ3) is 5.51. The maximum absolute atomic E-state index is 13.1. The van der Waals surface area contributed by atoms with Crippen LogP contribution < -0.4 is 9.47 Å². The molecule has 4 rings (SSSR count). The number of rotatable bonds is 7. The van der Waals surface area contributed by atoms with Crippen molar-refractivity contribution in [1.82, 2.24) is 30.4 Å². The molecule has 0 unspecified atom stereocenters. The zero-order valence-electron chi connectivity index (χ0n) is 17.4. The Hall–Kier alpha value is -3.24. The molecule has 0 radical (unpaired) electrons. The van der Waals surface area contributed by atoms with Gasteiger partial charge in [-0.2, -0.15) is 5.21 Å². The second kappa shape index (κ2) is 9.92. The average molecular weight is 461 g/mol. The molecular weight excluding hydrogens is 439 g/mol. The molecule has 1 fully saturated rings. The molecule has 1 aromatic heterocycles. The molecule has 3 aromatic rings. The molecule has 2 aromatic carbocycles. The molecule has 168 valence electrons. The average Bonchev–Trinajstić information content (AvgIpc) is 3.28. The number of ether oxygens (including phenoxy) is 2. The van der Waals surface area contributed by atoms with Crippen molar-refractivity contribution in [2.45, 2.75) is 19.5 Å². The smallest absolute Gasteiger partial charge is 0.361 e. The van der Waals surface area contributed by atoms with Crippen molar-refractivity contribution in [3.8, 4) is 17.5 Å². The summed E-state index contributed by atoms with van der Waals surface area (Å²) in [6.07, 6.45) is 0. The van der Waals surface area contributed by atoms with Crippen molar-refractivity contribution >= 4 is 17.5 Å². The number of carbonyl (C=O) groups is 1. The number of hydrogen-bond donors (Lipinski definition) is 1. The second-order valence-corrected chi connectivity index (χ2v) is 7.91. The van der Waals surface area contributed by atoms with E-state index in [1.165, 1.54) is 12.1 Å². The van der Waals surface area contributed by atoms with Gasteiger partial charge in [-0.25, -0.2) is 4.39 Å². The summed E-state index contributed by atoms with van der Waals surface area (Å²) in [7, 11) is 0. The van der Waals surface area contributed by atoms with Gasteiger partial charge in [0.2, 0.25) is 0 Å². The standard InChI is InChI=1S/C21H22ClFN6O3/c1-14-11-28(12-15-2-5-17(23)6-3-15)8-9-29(14)20(30)13-31-18-7-4-16(22)10-19(18)32-21-24-26-27-25-21/h2-7,10,14H,8-9,11-13H2,1H3,(H,24,25,26,27)/t14-/m1/s1. The normalized spacial score (nSPS) is 16.7. The Balaban J connectivity index is 1.32. The van der Waals surface area contributed by atoms with Gasteiger partial charge in [0.05, 0.1) is 0 Å². The van der Waals surface area contributed by atoms with Gasteiger partial charge in [-0.15, -0.1) is 0 Å². The predicted octanol–water partition coefficient (Wildman–Crippen LogP) is 2.90. The zero-order valence-corrected chi connectivity index (χ0v) is 18.1. The second-order valence-electron chi connectivity index (χ2n) is 7.47. The van der Waals surface area contributed by atoms with Crippen LogP contribution in [0.15, 0.2) is 42.5 Å². The number of halogens is 2. The van der Waals surface area contributed by atoms with Crippen molar-refractivity contribution in [3.05, 3.63) is 58.9 Å². The fraction of sp³-hybridized carbons (Fsp3) is 0.333. The number of nitrogens with one attached hydrogen (secondary N) is 1. The first-order valence-electron chi connectivity index (χ1n) is 10.1. The van der Waals surface area contributed by atoms with Gasteiger partial charge in [0, 0.05) is 43.3 Å². The predicted molar refractivity (Wildman–Crippen MR) is 114 cm³/mol. The maximum atomic E-state index is 13.1. The molecule has 2 heterocycles. The first kappa shape index (κ1) is 22.0. The summed E-state index contributed by atoms with van der Waals surface area (Å²) in [6, 6.07) is 11.3. The highest BCUT2D eigenvalue weighted by Gasteiger charge is 2.28. The third-order valence-corrected chi connectivity index (χ3v) is 5.37. The lowest BCUT2D eigenvalue weighted by molar-refractivity contribution is -0.138. The van der Waals surface area contributed by atoms with E-state index in [-0.39, 0.29) is 36.1 Å². The highest BCUT2D eigenvalue weighted by molar-refractivity contribution is 6.30. The van der Waals surface area contributed by atoms with E-state index in [4.69, 9.17) is 21.1 Å². The number of aromatic amines is 1. The molecular formula is C21H22ClFN6O3. The van der Waals surface area contributed by atoms with E-state index in [0.29, 0.717) is 23.9 Å². The van der Waals surface area contributed by atoms with Gasteiger partial charge in [-0.3, -0.25) is 9.69 Å². The number of hydrogen-bond acceptors (Lipinski definition) is 7. The minimum atomic E-state index is -0.246. The van der Waals surface area contributed by atoms with E-state index in [0.717, 1.165) is 18.7 Å². The number of aromatic nitrogens is 4. The molecule has 1 amide bonds. The Kier molecular flexibility index (Phi) is 6.81. The molecule has 32 heavy (non-hydrogen) atoms. The number of tetrazole rings is 1. The molecule has 1 aliphatic rings. The zero-order chi connectivity index (χ0) is 22.5. The van der Waals surface area contributed by atoms with Crippen molar-refractivity contribution in [2.75, 3.05) is 26.2 Å². The van der Waals surface area contributed by atoms with Gasteiger partial charge in [-0.1, -0.05) is 33.9 Å². The fourth-order valence-electron chi connectivity index (χ4n) is 3.59. The monoisotopic (exact) mass is 460 g/mol. The summed E-state index contributed by atoms with van der Waals surface area (Å²) in [5.41, 5.74) is 1.04. The molecule has 11 heteroatoms. The Morgan fingerprint density at radius 1 is 1.22 bits per heavy atom. The SMILES string of the molecule is C[C@@H]1CN(Cc2ccc(F)cc2)CCN1C(=O)COc1ccc(Cl)cc1Oc1nn[nH]n1. The highest BCUT2D eigenvalue weighted by Crippen LogP contribution is 2.32. The molecule has 1 saturated heterocycles. The van der Waals surface area contributed by atoms with E-state index in [1.807, 2.05) is 6.92 Å². The van der Waals surface area contributed by atoms with Gasteiger partial charge < -0.3 is 14.4 Å². The van der Waals surface area contributed by atoms with Crippen molar-refractivity contribution < 1.29 is 18.7 Å². The number of amides is 1. The van der Waals surface area contributed by atoms with Crippen LogP contribution in [-0.4, -0.2) is 68.6 Å².